The Kier molecular flexibility index (Phi) is 2.53. The fourth-order valence-electron chi connectivity index (χ4n) is 3.16. The van der Waals surface area contributed by atoms with Crippen LogP contribution in [0, 0.1) is 0 Å². The van der Waals surface area contributed by atoms with Gasteiger partial charge in [-0.15, -0.1) is 0 Å². The van der Waals surface area contributed by atoms with Crippen LogP contribution in [0.5, 0.6) is 0 Å². The Labute approximate surface area is 143 Å². The molecule has 5 rings (SSSR count). The maximum absolute atomic E-state index is 4.84. The van der Waals surface area contributed by atoms with Crippen molar-refractivity contribution in [2.24, 2.45) is 9.98 Å². The van der Waals surface area contributed by atoms with E-state index in [4.69, 9.17) is 9.98 Å². The molecule has 0 N–H and O–H groups in total. The predicted molar refractivity (Wildman–Crippen MR) is 94.3 cm³/mol. The fraction of sp³-hybridized carbons (Fsp3) is 0. The molecule has 0 saturated carbocycles. The zero-order chi connectivity index (χ0) is 14.8. The van der Waals surface area contributed by atoms with Crippen molar-refractivity contribution in [2.75, 3.05) is 0 Å². The standard InChI is InChI=1S/C18H8Br2N2/c19-13-5-1-3-9-11-7-8-12-10-4-2-6-14(20)16(10)22-18(12)17(11)21-15(9)13/h1-8H. The number of halogens is 2. The van der Waals surface area contributed by atoms with Crippen LogP contribution in [0.4, 0.5) is 11.4 Å². The van der Waals surface area contributed by atoms with Crippen molar-refractivity contribution in [3.63, 3.8) is 0 Å². The van der Waals surface area contributed by atoms with Gasteiger partial charge in [0.25, 0.3) is 0 Å². The number of rotatable bonds is 0. The van der Waals surface area contributed by atoms with Crippen LogP contribution in [-0.4, -0.2) is 0 Å². The molecule has 0 radical (unpaired) electrons. The quantitative estimate of drug-likeness (QED) is 0.339. The van der Waals surface area contributed by atoms with E-state index in [2.05, 4.69) is 56.1 Å². The molecule has 0 aromatic heterocycles. The molecule has 22 heavy (non-hydrogen) atoms. The van der Waals surface area contributed by atoms with E-state index in [1.807, 2.05) is 24.3 Å². The fourth-order valence-corrected chi connectivity index (χ4v) is 4.07. The van der Waals surface area contributed by atoms with Gasteiger partial charge >= 0.3 is 0 Å². The van der Waals surface area contributed by atoms with Crippen molar-refractivity contribution < 1.29 is 0 Å². The summed E-state index contributed by atoms with van der Waals surface area (Å²) in [7, 11) is 0. The van der Waals surface area contributed by atoms with E-state index >= 15 is 0 Å². The maximum atomic E-state index is 4.84. The van der Waals surface area contributed by atoms with E-state index in [-0.39, 0.29) is 0 Å². The first-order valence-electron chi connectivity index (χ1n) is 6.92. The van der Waals surface area contributed by atoms with E-state index in [1.165, 1.54) is 0 Å². The number of nitrogens with zero attached hydrogens (tertiary/aromatic N) is 2. The summed E-state index contributed by atoms with van der Waals surface area (Å²) in [4.78, 5) is 9.69. The Morgan fingerprint density at radius 2 is 1.00 bits per heavy atom. The average Bonchev–Trinajstić information content (AvgIpc) is 3.07. The summed E-state index contributed by atoms with van der Waals surface area (Å²) in [6, 6.07) is 16.7. The SMILES string of the molecule is Brc1cccc2c1N=c1c-2ccc2c1=Nc1c(Br)cccc1-2. The lowest BCUT2D eigenvalue weighted by Crippen LogP contribution is -2.25. The molecule has 2 aliphatic heterocycles. The van der Waals surface area contributed by atoms with Gasteiger partial charge in [-0.25, -0.2) is 9.98 Å². The van der Waals surface area contributed by atoms with Gasteiger partial charge in [0.15, 0.2) is 0 Å². The van der Waals surface area contributed by atoms with E-state index < -0.39 is 0 Å². The summed E-state index contributed by atoms with van der Waals surface area (Å²) >= 11 is 7.19. The zero-order valence-electron chi connectivity index (χ0n) is 11.3. The highest BCUT2D eigenvalue weighted by Gasteiger charge is 2.23. The minimum Gasteiger partial charge on any atom is -0.244 e. The van der Waals surface area contributed by atoms with Crippen LogP contribution in [0.15, 0.2) is 67.5 Å². The van der Waals surface area contributed by atoms with Crippen LogP contribution in [0.3, 0.4) is 0 Å². The highest BCUT2D eigenvalue weighted by Crippen LogP contribution is 2.41. The largest absolute Gasteiger partial charge is 0.244 e. The van der Waals surface area contributed by atoms with Crippen LogP contribution in [0.1, 0.15) is 0 Å². The summed E-state index contributed by atoms with van der Waals surface area (Å²) in [6.07, 6.45) is 0. The molecule has 0 spiro atoms. The number of hydrogen-bond donors (Lipinski definition) is 0. The summed E-state index contributed by atoms with van der Waals surface area (Å²) in [6.45, 7) is 0. The lowest BCUT2D eigenvalue weighted by Gasteiger charge is -2.02. The molecule has 0 fully saturated rings. The van der Waals surface area contributed by atoms with E-state index in [9.17, 15) is 0 Å². The third-order valence-electron chi connectivity index (χ3n) is 4.15. The summed E-state index contributed by atoms with van der Waals surface area (Å²) < 4.78 is 2.04. The third kappa shape index (κ3) is 1.54. The number of benzene rings is 3. The summed E-state index contributed by atoms with van der Waals surface area (Å²) in [5, 5.41) is 1.95. The Morgan fingerprint density at radius 1 is 0.545 bits per heavy atom. The second-order valence-corrected chi connectivity index (χ2v) is 7.06. The zero-order valence-corrected chi connectivity index (χ0v) is 14.4. The van der Waals surface area contributed by atoms with Gasteiger partial charge in [0, 0.05) is 31.2 Å². The first-order valence-corrected chi connectivity index (χ1v) is 8.51. The van der Waals surface area contributed by atoms with Crippen LogP contribution in [0.25, 0.3) is 22.3 Å². The summed E-state index contributed by atoms with van der Waals surface area (Å²) in [5.74, 6) is 0. The van der Waals surface area contributed by atoms with Crippen LogP contribution < -0.4 is 10.7 Å². The van der Waals surface area contributed by atoms with Crippen LogP contribution >= 0.6 is 31.9 Å². The van der Waals surface area contributed by atoms with Gasteiger partial charge in [-0.2, -0.15) is 0 Å². The number of para-hydroxylation sites is 2. The van der Waals surface area contributed by atoms with Crippen molar-refractivity contribution in [3.05, 3.63) is 68.2 Å². The Morgan fingerprint density at radius 3 is 1.45 bits per heavy atom. The monoisotopic (exact) mass is 410 g/mol. The van der Waals surface area contributed by atoms with Crippen LogP contribution in [-0.2, 0) is 0 Å². The van der Waals surface area contributed by atoms with Crippen molar-refractivity contribution >= 4 is 43.2 Å². The predicted octanol–water partition coefficient (Wildman–Crippen LogP) is 5.08. The van der Waals surface area contributed by atoms with Crippen molar-refractivity contribution in [1.82, 2.24) is 0 Å². The van der Waals surface area contributed by atoms with Crippen LogP contribution in [0.2, 0.25) is 0 Å². The highest BCUT2D eigenvalue weighted by molar-refractivity contribution is 9.11. The van der Waals surface area contributed by atoms with E-state index in [0.717, 1.165) is 53.3 Å². The normalized spacial score (nSPS) is 12.8. The summed E-state index contributed by atoms with van der Waals surface area (Å²) in [5.41, 5.74) is 6.63. The molecule has 0 saturated heterocycles. The molecule has 0 bridgehead atoms. The topological polar surface area (TPSA) is 24.7 Å². The van der Waals surface area contributed by atoms with Gasteiger partial charge in [0.1, 0.15) is 0 Å². The Bertz CT molecular complexity index is 1010. The molecule has 2 heterocycles. The molecule has 0 unspecified atom stereocenters. The van der Waals surface area contributed by atoms with Gasteiger partial charge in [-0.3, -0.25) is 0 Å². The maximum Gasteiger partial charge on any atom is 0.0979 e. The molecule has 0 amide bonds. The molecule has 4 heteroatoms. The number of fused-ring (bicyclic) bond motifs is 7. The highest BCUT2D eigenvalue weighted by atomic mass is 79.9. The molecule has 0 atom stereocenters. The molecule has 2 aliphatic rings. The van der Waals surface area contributed by atoms with Crippen molar-refractivity contribution in [1.29, 1.82) is 0 Å². The lowest BCUT2D eigenvalue weighted by atomic mass is 10.0. The second-order valence-electron chi connectivity index (χ2n) is 5.35. The molecule has 2 nitrogen and oxygen atoms in total. The second kappa shape index (κ2) is 4.37. The van der Waals surface area contributed by atoms with E-state index in [1.54, 1.807) is 0 Å². The van der Waals surface area contributed by atoms with Crippen molar-refractivity contribution in [3.8, 4) is 22.3 Å². The van der Waals surface area contributed by atoms with Gasteiger partial charge in [-0.1, -0.05) is 36.4 Å². The first kappa shape index (κ1) is 12.7. The van der Waals surface area contributed by atoms with Gasteiger partial charge in [0.05, 0.1) is 22.1 Å². The van der Waals surface area contributed by atoms with Gasteiger partial charge in [-0.05, 0) is 44.0 Å². The Balaban J connectivity index is 1.92. The molecule has 3 aromatic carbocycles. The van der Waals surface area contributed by atoms with E-state index in [0.29, 0.717) is 0 Å². The van der Waals surface area contributed by atoms with Gasteiger partial charge < -0.3 is 0 Å². The number of hydrogen-bond acceptors (Lipinski definition) is 2. The minimum atomic E-state index is 0.975. The average molecular weight is 412 g/mol. The molecular formula is C18H8Br2N2. The third-order valence-corrected chi connectivity index (χ3v) is 5.43. The molecule has 3 aromatic rings. The molecule has 0 aliphatic carbocycles. The lowest BCUT2D eigenvalue weighted by molar-refractivity contribution is 1.29. The molecular weight excluding hydrogens is 404 g/mol. The molecule has 104 valence electrons. The van der Waals surface area contributed by atoms with Gasteiger partial charge in [0.2, 0.25) is 0 Å². The van der Waals surface area contributed by atoms with Crippen molar-refractivity contribution in [2.45, 2.75) is 0 Å². The minimum absolute atomic E-state index is 0.975. The smallest absolute Gasteiger partial charge is 0.0979 e. The Hall–Kier alpha value is -1.78. The first-order chi connectivity index (χ1) is 10.7.